The van der Waals surface area contributed by atoms with E-state index < -0.39 is 23.2 Å². The zero-order valence-electron chi connectivity index (χ0n) is 18.0. The van der Waals surface area contributed by atoms with Crippen molar-refractivity contribution in [1.82, 2.24) is 10.2 Å². The smallest absolute Gasteiger partial charge is 0.297 e. The average molecular weight is 466 g/mol. The molecule has 4 aromatic rings. The minimum atomic E-state index is -0.806. The van der Waals surface area contributed by atoms with Gasteiger partial charge in [-0.25, -0.2) is 4.39 Å². The van der Waals surface area contributed by atoms with Gasteiger partial charge in [0.15, 0.2) is 5.43 Å². The highest BCUT2D eigenvalue weighted by Crippen LogP contribution is 2.42. The number of rotatable bonds is 6. The van der Waals surface area contributed by atoms with Crippen molar-refractivity contribution >= 4 is 33.3 Å². The second-order valence-corrected chi connectivity index (χ2v) is 8.67. The Bertz CT molecular complexity index is 1430. The molecule has 168 valence electrons. The summed E-state index contributed by atoms with van der Waals surface area (Å²) in [5, 5.41) is 9.69. The van der Waals surface area contributed by atoms with Gasteiger partial charge in [0.1, 0.15) is 22.2 Å². The Balaban J connectivity index is 1.75. The monoisotopic (exact) mass is 465 g/mol. The topological polar surface area (TPSA) is 85.5 Å². The van der Waals surface area contributed by atoms with Crippen molar-refractivity contribution in [2.75, 3.05) is 11.5 Å². The van der Waals surface area contributed by atoms with Gasteiger partial charge in [0.2, 0.25) is 10.9 Å². The summed E-state index contributed by atoms with van der Waals surface area (Å²) in [6, 6.07) is 10.1. The molecule has 0 bridgehead atoms. The molecule has 5 rings (SSSR count). The van der Waals surface area contributed by atoms with Gasteiger partial charge in [0.25, 0.3) is 5.91 Å². The third kappa shape index (κ3) is 3.58. The van der Waals surface area contributed by atoms with Crippen LogP contribution in [0.15, 0.2) is 51.7 Å². The van der Waals surface area contributed by atoms with Crippen LogP contribution < -0.4 is 15.1 Å². The summed E-state index contributed by atoms with van der Waals surface area (Å²) in [6.45, 7) is 4.38. The normalized spacial score (nSPS) is 15.3. The molecule has 0 N–H and O–H groups in total. The number of benzene rings is 2. The Hall–Kier alpha value is -3.59. The van der Waals surface area contributed by atoms with E-state index in [0.29, 0.717) is 23.1 Å². The average Bonchev–Trinajstić information content (AvgIpc) is 3.37. The van der Waals surface area contributed by atoms with Gasteiger partial charge in [-0.2, -0.15) is 0 Å². The van der Waals surface area contributed by atoms with Gasteiger partial charge in [-0.3, -0.25) is 14.5 Å². The predicted molar refractivity (Wildman–Crippen MR) is 123 cm³/mol. The second-order valence-electron chi connectivity index (χ2n) is 7.63. The van der Waals surface area contributed by atoms with Crippen molar-refractivity contribution in [3.63, 3.8) is 0 Å². The highest BCUT2D eigenvalue weighted by Gasteiger charge is 2.45. The van der Waals surface area contributed by atoms with E-state index in [2.05, 4.69) is 10.2 Å². The molecule has 0 saturated heterocycles. The van der Waals surface area contributed by atoms with Crippen LogP contribution >= 0.6 is 11.3 Å². The van der Waals surface area contributed by atoms with Crippen LogP contribution in [0.4, 0.5) is 9.52 Å². The number of aromatic nitrogens is 2. The Kier molecular flexibility index (Phi) is 5.41. The first-order chi connectivity index (χ1) is 16.0. The lowest BCUT2D eigenvalue weighted by atomic mass is 9.98. The highest BCUT2D eigenvalue weighted by atomic mass is 32.1. The lowest BCUT2D eigenvalue weighted by Crippen LogP contribution is -2.29. The molecule has 2 aromatic heterocycles. The Morgan fingerprint density at radius 1 is 1.15 bits per heavy atom. The van der Waals surface area contributed by atoms with Crippen molar-refractivity contribution in [1.29, 1.82) is 0 Å². The van der Waals surface area contributed by atoms with Crippen molar-refractivity contribution in [3.05, 3.63) is 80.4 Å². The maximum Gasteiger partial charge on any atom is 0.297 e. The van der Waals surface area contributed by atoms with E-state index in [1.54, 1.807) is 18.2 Å². The molecule has 0 saturated carbocycles. The van der Waals surface area contributed by atoms with Crippen LogP contribution in [0.3, 0.4) is 0 Å². The molecule has 0 fully saturated rings. The summed E-state index contributed by atoms with van der Waals surface area (Å²) in [6.07, 6.45) is 1.62. The molecular formula is C24H20FN3O4S. The van der Waals surface area contributed by atoms with E-state index in [-0.39, 0.29) is 22.3 Å². The van der Waals surface area contributed by atoms with Gasteiger partial charge in [-0.15, -0.1) is 10.2 Å². The summed E-state index contributed by atoms with van der Waals surface area (Å²) in [5.74, 6) is -0.507. The summed E-state index contributed by atoms with van der Waals surface area (Å²) < 4.78 is 25.4. The highest BCUT2D eigenvalue weighted by molar-refractivity contribution is 7.15. The SMILES string of the molecule is CCCc1nnc(N2C(=O)c3oc4ccc(F)cc4c(=O)c3C2c2cccc(OCC)c2)s1. The summed E-state index contributed by atoms with van der Waals surface area (Å²) >= 11 is 1.30. The molecule has 0 radical (unpaired) electrons. The minimum absolute atomic E-state index is 0.0711. The largest absolute Gasteiger partial charge is 0.494 e. The molecule has 3 heterocycles. The molecule has 0 aliphatic carbocycles. The number of amides is 1. The molecule has 2 aromatic carbocycles. The first-order valence-corrected chi connectivity index (χ1v) is 11.5. The predicted octanol–water partition coefficient (Wildman–Crippen LogP) is 4.88. The van der Waals surface area contributed by atoms with E-state index in [1.807, 2.05) is 19.9 Å². The lowest BCUT2D eigenvalue weighted by Gasteiger charge is -2.22. The van der Waals surface area contributed by atoms with Crippen molar-refractivity contribution < 1.29 is 18.3 Å². The fraction of sp³-hybridized carbons (Fsp3) is 0.250. The van der Waals surface area contributed by atoms with Gasteiger partial charge in [0.05, 0.1) is 23.6 Å². The van der Waals surface area contributed by atoms with E-state index in [4.69, 9.17) is 9.15 Å². The van der Waals surface area contributed by atoms with Gasteiger partial charge in [0, 0.05) is 6.42 Å². The molecule has 1 aliphatic rings. The molecule has 9 heteroatoms. The van der Waals surface area contributed by atoms with Crippen LogP contribution in [-0.4, -0.2) is 22.7 Å². The number of carbonyl (C=O) groups is 1. The fourth-order valence-corrected chi connectivity index (χ4v) is 5.02. The Labute approximate surface area is 192 Å². The molecule has 1 aliphatic heterocycles. The van der Waals surface area contributed by atoms with Gasteiger partial charge in [-0.1, -0.05) is 30.4 Å². The summed E-state index contributed by atoms with van der Waals surface area (Å²) in [7, 11) is 0. The molecule has 33 heavy (non-hydrogen) atoms. The number of nitrogens with zero attached hydrogens (tertiary/aromatic N) is 3. The van der Waals surface area contributed by atoms with Crippen LogP contribution in [0.2, 0.25) is 0 Å². The fourth-order valence-electron chi connectivity index (χ4n) is 4.06. The van der Waals surface area contributed by atoms with Gasteiger partial charge < -0.3 is 9.15 Å². The number of ether oxygens (including phenoxy) is 1. The van der Waals surface area contributed by atoms with Crippen LogP contribution in [0.1, 0.15) is 53.0 Å². The Morgan fingerprint density at radius 3 is 2.79 bits per heavy atom. The van der Waals surface area contributed by atoms with Gasteiger partial charge >= 0.3 is 0 Å². The van der Waals surface area contributed by atoms with Crippen molar-refractivity contribution in [2.45, 2.75) is 32.7 Å². The Morgan fingerprint density at radius 2 is 2.00 bits per heavy atom. The molecule has 1 amide bonds. The standard InChI is InChI=1S/C24H20FN3O4S/c1-3-6-18-26-27-24(33-18)28-20(13-7-5-8-15(11-13)31-4-2)19-21(29)16-12-14(25)9-10-17(16)32-22(19)23(28)30/h5,7-12,20H,3-4,6H2,1-2H3. The molecule has 1 atom stereocenters. The molecule has 1 unspecified atom stereocenters. The van der Waals surface area contributed by atoms with E-state index in [0.717, 1.165) is 23.9 Å². The number of hydrogen-bond acceptors (Lipinski definition) is 7. The third-order valence-electron chi connectivity index (χ3n) is 5.44. The summed E-state index contributed by atoms with van der Waals surface area (Å²) in [4.78, 5) is 28.5. The zero-order chi connectivity index (χ0) is 23.1. The van der Waals surface area contributed by atoms with Crippen LogP contribution in [-0.2, 0) is 6.42 Å². The van der Waals surface area contributed by atoms with E-state index >= 15 is 0 Å². The number of hydrogen-bond donors (Lipinski definition) is 0. The van der Waals surface area contributed by atoms with Crippen molar-refractivity contribution in [2.24, 2.45) is 0 Å². The second kappa shape index (κ2) is 8.40. The number of halogens is 1. The van der Waals surface area contributed by atoms with Crippen LogP contribution in [0.25, 0.3) is 11.0 Å². The van der Waals surface area contributed by atoms with E-state index in [1.165, 1.54) is 28.4 Å². The lowest BCUT2D eigenvalue weighted by molar-refractivity contribution is 0.0970. The van der Waals surface area contributed by atoms with Crippen LogP contribution in [0.5, 0.6) is 5.75 Å². The number of fused-ring (bicyclic) bond motifs is 2. The minimum Gasteiger partial charge on any atom is -0.494 e. The first-order valence-electron chi connectivity index (χ1n) is 10.7. The quantitative estimate of drug-likeness (QED) is 0.403. The van der Waals surface area contributed by atoms with Crippen molar-refractivity contribution in [3.8, 4) is 5.75 Å². The summed E-state index contributed by atoms with van der Waals surface area (Å²) in [5.41, 5.74) is 0.509. The van der Waals surface area contributed by atoms with Crippen LogP contribution in [0, 0.1) is 5.82 Å². The first kappa shape index (κ1) is 21.3. The maximum absolute atomic E-state index is 13.9. The number of aryl methyl sites for hydroxylation is 1. The number of carbonyl (C=O) groups excluding carboxylic acids is 1. The zero-order valence-corrected chi connectivity index (χ0v) is 18.8. The third-order valence-corrected chi connectivity index (χ3v) is 6.43. The van der Waals surface area contributed by atoms with E-state index in [9.17, 15) is 14.0 Å². The van der Waals surface area contributed by atoms with Gasteiger partial charge in [-0.05, 0) is 49.2 Å². The molecule has 7 nitrogen and oxygen atoms in total. The molecule has 0 spiro atoms. The number of anilines is 1. The maximum atomic E-state index is 13.9. The molecular weight excluding hydrogens is 445 g/mol.